The Morgan fingerprint density at radius 1 is 1.38 bits per heavy atom. The van der Waals surface area contributed by atoms with Gasteiger partial charge >= 0.3 is 0 Å². The fourth-order valence-electron chi connectivity index (χ4n) is 2.59. The van der Waals surface area contributed by atoms with E-state index in [2.05, 4.69) is 11.9 Å². The van der Waals surface area contributed by atoms with E-state index in [1.54, 1.807) is 13.2 Å². The predicted molar refractivity (Wildman–Crippen MR) is 85.3 cm³/mol. The minimum atomic E-state index is 0.0624. The van der Waals surface area contributed by atoms with Crippen LogP contribution in [0.4, 0.5) is 0 Å². The van der Waals surface area contributed by atoms with Crippen LogP contribution in [0.1, 0.15) is 18.4 Å². The van der Waals surface area contributed by atoms with Crippen molar-refractivity contribution >= 4 is 12.0 Å². The molecule has 0 spiro atoms. The fourth-order valence-corrected chi connectivity index (χ4v) is 2.59. The van der Waals surface area contributed by atoms with Crippen molar-refractivity contribution < 1.29 is 9.53 Å². The number of ether oxygens (including phenoxy) is 1. The van der Waals surface area contributed by atoms with Crippen LogP contribution in [0.15, 0.2) is 30.3 Å². The Kier molecular flexibility index (Phi) is 5.39. The summed E-state index contributed by atoms with van der Waals surface area (Å²) in [6.45, 7) is 2.11. The van der Waals surface area contributed by atoms with E-state index in [1.165, 1.54) is 0 Å². The molecule has 0 aromatic heterocycles. The SMILES string of the molecule is COc1cccc(/C=C\C(=O)N(C)C2CCN(C)CC2)c1. The standard InChI is InChI=1S/C17H24N2O2/c1-18-11-9-15(10-12-18)19(2)17(20)8-7-14-5-4-6-16(13-14)21-3/h4-8,13,15H,9-12H2,1-3H3/b8-7-. The van der Waals surface area contributed by atoms with E-state index in [9.17, 15) is 4.79 Å². The van der Waals surface area contributed by atoms with Crippen molar-refractivity contribution in [3.8, 4) is 5.75 Å². The number of likely N-dealkylation sites (tertiary alicyclic amines) is 1. The second kappa shape index (κ2) is 7.27. The summed E-state index contributed by atoms with van der Waals surface area (Å²) in [5.74, 6) is 0.862. The minimum absolute atomic E-state index is 0.0624. The molecular weight excluding hydrogens is 264 g/mol. The first-order chi connectivity index (χ1) is 10.1. The van der Waals surface area contributed by atoms with Gasteiger partial charge in [-0.3, -0.25) is 4.79 Å². The Labute approximate surface area is 127 Å². The number of piperidine rings is 1. The van der Waals surface area contributed by atoms with Gasteiger partial charge in [-0.2, -0.15) is 0 Å². The van der Waals surface area contributed by atoms with Gasteiger partial charge in [-0.1, -0.05) is 12.1 Å². The van der Waals surface area contributed by atoms with Crippen LogP contribution in [0.2, 0.25) is 0 Å². The summed E-state index contributed by atoms with van der Waals surface area (Å²) < 4.78 is 5.18. The van der Waals surface area contributed by atoms with Crippen LogP contribution in [-0.2, 0) is 4.79 Å². The molecule has 1 saturated heterocycles. The van der Waals surface area contributed by atoms with Crippen molar-refractivity contribution in [2.24, 2.45) is 0 Å². The highest BCUT2D eigenvalue weighted by Crippen LogP contribution is 2.16. The molecule has 1 amide bonds. The summed E-state index contributed by atoms with van der Waals surface area (Å²) in [7, 11) is 5.66. The van der Waals surface area contributed by atoms with Gasteiger partial charge in [0.1, 0.15) is 5.75 Å². The lowest BCUT2D eigenvalue weighted by atomic mass is 10.0. The number of nitrogens with zero attached hydrogens (tertiary/aromatic N) is 2. The van der Waals surface area contributed by atoms with E-state index >= 15 is 0 Å². The lowest BCUT2D eigenvalue weighted by Crippen LogP contribution is -2.43. The van der Waals surface area contributed by atoms with Crippen molar-refractivity contribution in [3.05, 3.63) is 35.9 Å². The molecule has 1 heterocycles. The molecule has 0 saturated carbocycles. The van der Waals surface area contributed by atoms with Gasteiger partial charge in [-0.25, -0.2) is 0 Å². The number of amides is 1. The summed E-state index contributed by atoms with van der Waals surface area (Å²) in [6.07, 6.45) is 5.58. The lowest BCUT2D eigenvalue weighted by Gasteiger charge is -2.34. The van der Waals surface area contributed by atoms with Crippen LogP contribution in [0.3, 0.4) is 0 Å². The Morgan fingerprint density at radius 3 is 2.76 bits per heavy atom. The number of methoxy groups -OCH3 is 1. The monoisotopic (exact) mass is 288 g/mol. The third kappa shape index (κ3) is 4.33. The summed E-state index contributed by atoms with van der Waals surface area (Å²) in [5, 5.41) is 0. The highest BCUT2D eigenvalue weighted by molar-refractivity contribution is 5.91. The second-order valence-electron chi connectivity index (χ2n) is 5.59. The van der Waals surface area contributed by atoms with E-state index < -0.39 is 0 Å². The van der Waals surface area contributed by atoms with Gasteiger partial charge in [0.15, 0.2) is 0 Å². The van der Waals surface area contributed by atoms with Gasteiger partial charge < -0.3 is 14.5 Å². The van der Waals surface area contributed by atoms with E-state index in [0.29, 0.717) is 6.04 Å². The van der Waals surface area contributed by atoms with Gasteiger partial charge in [0.05, 0.1) is 7.11 Å². The molecule has 21 heavy (non-hydrogen) atoms. The van der Waals surface area contributed by atoms with Crippen LogP contribution < -0.4 is 4.74 Å². The van der Waals surface area contributed by atoms with E-state index in [4.69, 9.17) is 4.74 Å². The molecule has 0 atom stereocenters. The normalized spacial score (nSPS) is 17.1. The van der Waals surface area contributed by atoms with Crippen molar-refractivity contribution in [1.29, 1.82) is 0 Å². The van der Waals surface area contributed by atoms with E-state index in [1.807, 2.05) is 42.3 Å². The first kappa shape index (κ1) is 15.6. The van der Waals surface area contributed by atoms with Crippen LogP contribution in [-0.4, -0.2) is 56.0 Å². The van der Waals surface area contributed by atoms with Crippen LogP contribution in [0, 0.1) is 0 Å². The first-order valence-corrected chi connectivity index (χ1v) is 7.37. The largest absolute Gasteiger partial charge is 0.497 e. The molecule has 1 aliphatic rings. The van der Waals surface area contributed by atoms with Crippen LogP contribution in [0.25, 0.3) is 6.08 Å². The Balaban J connectivity index is 1.94. The molecule has 0 unspecified atom stereocenters. The molecular formula is C17H24N2O2. The van der Waals surface area contributed by atoms with Crippen molar-refractivity contribution in [3.63, 3.8) is 0 Å². The lowest BCUT2D eigenvalue weighted by molar-refractivity contribution is -0.127. The maximum Gasteiger partial charge on any atom is 0.246 e. The number of hydrogen-bond acceptors (Lipinski definition) is 3. The Hall–Kier alpha value is -1.81. The molecule has 1 aromatic carbocycles. The van der Waals surface area contributed by atoms with Crippen LogP contribution in [0.5, 0.6) is 5.75 Å². The third-order valence-electron chi connectivity index (χ3n) is 4.10. The smallest absolute Gasteiger partial charge is 0.246 e. The average molecular weight is 288 g/mol. The highest BCUT2D eigenvalue weighted by atomic mass is 16.5. The van der Waals surface area contributed by atoms with Crippen LogP contribution >= 0.6 is 0 Å². The molecule has 1 aromatic rings. The van der Waals surface area contributed by atoms with Gasteiger partial charge in [0.2, 0.25) is 5.91 Å². The fraction of sp³-hybridized carbons (Fsp3) is 0.471. The van der Waals surface area contributed by atoms with Crippen molar-refractivity contribution in [2.75, 3.05) is 34.3 Å². The van der Waals surface area contributed by atoms with Gasteiger partial charge in [-0.05, 0) is 56.8 Å². The summed E-state index contributed by atoms with van der Waals surface area (Å²) in [5.41, 5.74) is 0.972. The molecule has 0 aliphatic carbocycles. The van der Waals surface area contributed by atoms with Gasteiger partial charge in [0.25, 0.3) is 0 Å². The number of carbonyl (C=O) groups is 1. The zero-order chi connectivity index (χ0) is 15.2. The molecule has 2 rings (SSSR count). The number of benzene rings is 1. The second-order valence-corrected chi connectivity index (χ2v) is 5.59. The molecule has 4 nitrogen and oxygen atoms in total. The van der Waals surface area contributed by atoms with E-state index in [0.717, 1.165) is 37.2 Å². The summed E-state index contributed by atoms with van der Waals surface area (Å²) >= 11 is 0. The zero-order valence-corrected chi connectivity index (χ0v) is 13.1. The molecule has 4 heteroatoms. The van der Waals surface area contributed by atoms with Gasteiger partial charge in [-0.15, -0.1) is 0 Å². The third-order valence-corrected chi connectivity index (χ3v) is 4.10. The minimum Gasteiger partial charge on any atom is -0.497 e. The highest BCUT2D eigenvalue weighted by Gasteiger charge is 2.22. The molecule has 0 radical (unpaired) electrons. The molecule has 114 valence electrons. The molecule has 0 bridgehead atoms. The maximum absolute atomic E-state index is 12.2. The molecule has 1 fully saturated rings. The van der Waals surface area contributed by atoms with Gasteiger partial charge in [0, 0.05) is 19.2 Å². The number of hydrogen-bond donors (Lipinski definition) is 0. The Morgan fingerprint density at radius 2 is 2.10 bits per heavy atom. The molecule has 1 aliphatic heterocycles. The average Bonchev–Trinajstić information content (AvgIpc) is 2.53. The number of carbonyl (C=O) groups excluding carboxylic acids is 1. The summed E-state index contributed by atoms with van der Waals surface area (Å²) in [6, 6.07) is 8.04. The van der Waals surface area contributed by atoms with E-state index in [-0.39, 0.29) is 5.91 Å². The summed E-state index contributed by atoms with van der Waals surface area (Å²) in [4.78, 5) is 16.4. The maximum atomic E-state index is 12.2. The number of rotatable bonds is 4. The molecule has 0 N–H and O–H groups in total. The topological polar surface area (TPSA) is 32.8 Å². The van der Waals surface area contributed by atoms with Crippen molar-refractivity contribution in [1.82, 2.24) is 9.80 Å². The van der Waals surface area contributed by atoms with Crippen molar-refractivity contribution in [2.45, 2.75) is 18.9 Å². The zero-order valence-electron chi connectivity index (χ0n) is 13.1. The first-order valence-electron chi connectivity index (χ1n) is 7.37. The number of likely N-dealkylation sites (N-methyl/N-ethyl adjacent to an activating group) is 1. The quantitative estimate of drug-likeness (QED) is 0.797. The predicted octanol–water partition coefficient (Wildman–Crippen LogP) is 2.26. The Bertz CT molecular complexity index is 505.